The first-order valence-electron chi connectivity index (χ1n) is 8.25. The molecule has 0 atom stereocenters. The van der Waals surface area contributed by atoms with Gasteiger partial charge in [-0.15, -0.1) is 0 Å². The van der Waals surface area contributed by atoms with Gasteiger partial charge in [0.25, 0.3) is 15.9 Å². The Labute approximate surface area is 154 Å². The van der Waals surface area contributed by atoms with Gasteiger partial charge in [0, 0.05) is 23.3 Å². The van der Waals surface area contributed by atoms with Crippen LogP contribution in [0.3, 0.4) is 0 Å². The summed E-state index contributed by atoms with van der Waals surface area (Å²) in [5, 5.41) is 2.72. The molecule has 2 rings (SSSR count). The van der Waals surface area contributed by atoms with Crippen molar-refractivity contribution >= 4 is 21.6 Å². The number of hydrogen-bond donors (Lipinski definition) is 3. The maximum Gasteiger partial charge on any atom is 0.261 e. The lowest BCUT2D eigenvalue weighted by Crippen LogP contribution is -2.45. The van der Waals surface area contributed by atoms with Crippen molar-refractivity contribution < 1.29 is 13.2 Å². The van der Waals surface area contributed by atoms with Crippen LogP contribution in [0, 0.1) is 13.8 Å². The molecule has 7 heteroatoms. The van der Waals surface area contributed by atoms with Crippen LogP contribution in [0.25, 0.3) is 0 Å². The third-order valence-corrected chi connectivity index (χ3v) is 5.29. The number of hydrogen-bond acceptors (Lipinski definition) is 4. The van der Waals surface area contributed by atoms with E-state index in [1.807, 2.05) is 19.9 Å². The molecule has 0 saturated carbocycles. The summed E-state index contributed by atoms with van der Waals surface area (Å²) in [5.74, 6) is -0.297. The SMILES string of the molecule is Cc1ccc(NS(=O)(=O)c2ccc(C(=O)NCC(C)(C)N)cc2)cc1C. The van der Waals surface area contributed by atoms with E-state index < -0.39 is 15.6 Å². The van der Waals surface area contributed by atoms with Gasteiger partial charge in [0.1, 0.15) is 0 Å². The number of carbonyl (C=O) groups excluding carboxylic acids is 1. The molecular weight excluding hydrogens is 350 g/mol. The highest BCUT2D eigenvalue weighted by molar-refractivity contribution is 7.92. The molecule has 0 aliphatic heterocycles. The maximum atomic E-state index is 12.5. The van der Waals surface area contributed by atoms with Gasteiger partial charge in [-0.3, -0.25) is 9.52 Å². The minimum atomic E-state index is -3.72. The zero-order valence-corrected chi connectivity index (χ0v) is 16.3. The maximum absolute atomic E-state index is 12.5. The summed E-state index contributed by atoms with van der Waals surface area (Å²) in [6.07, 6.45) is 0. The van der Waals surface area contributed by atoms with Gasteiger partial charge in [-0.1, -0.05) is 6.07 Å². The van der Waals surface area contributed by atoms with Crippen LogP contribution in [-0.4, -0.2) is 26.4 Å². The normalized spacial score (nSPS) is 11.9. The van der Waals surface area contributed by atoms with Crippen LogP contribution in [0.4, 0.5) is 5.69 Å². The number of aryl methyl sites for hydroxylation is 2. The number of sulfonamides is 1. The molecule has 4 N–H and O–H groups in total. The van der Waals surface area contributed by atoms with Crippen LogP contribution in [0.15, 0.2) is 47.4 Å². The van der Waals surface area contributed by atoms with E-state index in [9.17, 15) is 13.2 Å². The highest BCUT2D eigenvalue weighted by atomic mass is 32.2. The third-order valence-electron chi connectivity index (χ3n) is 3.89. The number of rotatable bonds is 6. The number of anilines is 1. The second-order valence-electron chi connectivity index (χ2n) is 7.10. The lowest BCUT2D eigenvalue weighted by atomic mass is 10.1. The van der Waals surface area contributed by atoms with Crippen LogP contribution >= 0.6 is 0 Å². The molecule has 2 aromatic rings. The predicted octanol–water partition coefficient (Wildman–Crippen LogP) is 2.57. The second kappa shape index (κ2) is 7.47. The minimum absolute atomic E-state index is 0.0893. The summed E-state index contributed by atoms with van der Waals surface area (Å²) in [6.45, 7) is 7.81. The Morgan fingerprint density at radius 3 is 2.19 bits per heavy atom. The van der Waals surface area contributed by atoms with Crippen molar-refractivity contribution in [3.8, 4) is 0 Å². The summed E-state index contributed by atoms with van der Waals surface area (Å²) < 4.78 is 27.6. The molecule has 2 aromatic carbocycles. The molecule has 26 heavy (non-hydrogen) atoms. The van der Waals surface area contributed by atoms with Crippen molar-refractivity contribution in [2.45, 2.75) is 38.1 Å². The first kappa shape index (κ1) is 19.9. The largest absolute Gasteiger partial charge is 0.350 e. The van der Waals surface area contributed by atoms with Crippen LogP contribution in [-0.2, 0) is 10.0 Å². The van der Waals surface area contributed by atoms with Gasteiger partial charge in [0.2, 0.25) is 0 Å². The van der Waals surface area contributed by atoms with Crippen LogP contribution in [0.2, 0.25) is 0 Å². The van der Waals surface area contributed by atoms with E-state index in [0.717, 1.165) is 11.1 Å². The molecule has 0 fully saturated rings. The van der Waals surface area contributed by atoms with E-state index in [4.69, 9.17) is 5.73 Å². The zero-order valence-electron chi connectivity index (χ0n) is 15.5. The molecule has 0 aliphatic carbocycles. The van der Waals surface area contributed by atoms with Crippen LogP contribution in [0.5, 0.6) is 0 Å². The van der Waals surface area contributed by atoms with E-state index in [-0.39, 0.29) is 10.8 Å². The first-order chi connectivity index (χ1) is 12.0. The molecule has 0 spiro atoms. The molecule has 1 amide bonds. The molecular formula is C19H25N3O3S. The predicted molar refractivity (Wildman–Crippen MR) is 104 cm³/mol. The van der Waals surface area contributed by atoms with Gasteiger partial charge in [-0.2, -0.15) is 0 Å². The Hall–Kier alpha value is -2.38. The van der Waals surface area contributed by atoms with Gasteiger partial charge in [-0.25, -0.2) is 8.42 Å². The van der Waals surface area contributed by atoms with E-state index in [2.05, 4.69) is 10.0 Å². The zero-order chi connectivity index (χ0) is 19.5. The number of nitrogens with one attached hydrogen (secondary N) is 2. The topological polar surface area (TPSA) is 101 Å². The molecule has 0 unspecified atom stereocenters. The summed E-state index contributed by atoms with van der Waals surface area (Å²) in [5.41, 5.74) is 8.28. The molecule has 0 aromatic heterocycles. The highest BCUT2D eigenvalue weighted by Crippen LogP contribution is 2.19. The minimum Gasteiger partial charge on any atom is -0.350 e. The molecule has 0 heterocycles. The van der Waals surface area contributed by atoms with Crippen molar-refractivity contribution in [3.63, 3.8) is 0 Å². The lowest BCUT2D eigenvalue weighted by Gasteiger charge is -2.18. The summed E-state index contributed by atoms with van der Waals surface area (Å²) in [4.78, 5) is 12.2. The molecule has 140 valence electrons. The summed E-state index contributed by atoms with van der Waals surface area (Å²) in [7, 11) is -3.72. The van der Waals surface area contributed by atoms with E-state index >= 15 is 0 Å². The fourth-order valence-corrected chi connectivity index (χ4v) is 3.26. The van der Waals surface area contributed by atoms with E-state index in [1.54, 1.807) is 26.0 Å². The number of carbonyl (C=O) groups is 1. The highest BCUT2D eigenvalue weighted by Gasteiger charge is 2.17. The Balaban J connectivity index is 2.13. The van der Waals surface area contributed by atoms with Gasteiger partial charge < -0.3 is 11.1 Å². The molecule has 0 bridgehead atoms. The van der Waals surface area contributed by atoms with E-state index in [1.165, 1.54) is 24.3 Å². The smallest absolute Gasteiger partial charge is 0.261 e. The lowest BCUT2D eigenvalue weighted by molar-refractivity contribution is 0.0946. The monoisotopic (exact) mass is 375 g/mol. The average Bonchev–Trinajstić information content (AvgIpc) is 2.55. The van der Waals surface area contributed by atoms with Crippen LogP contribution in [0.1, 0.15) is 35.3 Å². The summed E-state index contributed by atoms with van der Waals surface area (Å²) >= 11 is 0. The molecule has 0 saturated heterocycles. The number of amides is 1. The Kier molecular flexibility index (Phi) is 5.73. The van der Waals surface area contributed by atoms with Gasteiger partial charge in [-0.05, 0) is 75.2 Å². The van der Waals surface area contributed by atoms with Crippen LogP contribution < -0.4 is 15.8 Å². The van der Waals surface area contributed by atoms with Crippen molar-refractivity contribution in [2.24, 2.45) is 5.73 Å². The summed E-state index contributed by atoms with van der Waals surface area (Å²) in [6, 6.07) is 11.1. The Morgan fingerprint density at radius 2 is 1.65 bits per heavy atom. The van der Waals surface area contributed by atoms with Crippen molar-refractivity contribution in [2.75, 3.05) is 11.3 Å². The van der Waals surface area contributed by atoms with Crippen molar-refractivity contribution in [1.29, 1.82) is 0 Å². The van der Waals surface area contributed by atoms with E-state index in [0.29, 0.717) is 17.8 Å². The second-order valence-corrected chi connectivity index (χ2v) is 8.78. The number of nitrogens with two attached hydrogens (primary N) is 1. The van der Waals surface area contributed by atoms with Gasteiger partial charge in [0.15, 0.2) is 0 Å². The average molecular weight is 375 g/mol. The van der Waals surface area contributed by atoms with Gasteiger partial charge in [0.05, 0.1) is 4.90 Å². The first-order valence-corrected chi connectivity index (χ1v) is 9.73. The fourth-order valence-electron chi connectivity index (χ4n) is 2.21. The third kappa shape index (κ3) is 5.31. The quantitative estimate of drug-likeness (QED) is 0.722. The molecule has 0 radical (unpaired) electrons. The fraction of sp³-hybridized carbons (Fsp3) is 0.316. The molecule has 0 aliphatic rings. The number of benzene rings is 2. The Bertz CT molecular complexity index is 899. The van der Waals surface area contributed by atoms with Crippen molar-refractivity contribution in [1.82, 2.24) is 5.32 Å². The molecule has 6 nitrogen and oxygen atoms in total. The van der Waals surface area contributed by atoms with Crippen molar-refractivity contribution in [3.05, 3.63) is 59.2 Å². The standard InChI is InChI=1S/C19H25N3O3S/c1-13-5-8-16(11-14(13)2)22-26(24,25)17-9-6-15(7-10-17)18(23)21-12-19(3,4)20/h5-11,22H,12,20H2,1-4H3,(H,21,23). The van der Waals surface area contributed by atoms with Gasteiger partial charge >= 0.3 is 0 Å². The Morgan fingerprint density at radius 1 is 1.04 bits per heavy atom.